The summed E-state index contributed by atoms with van der Waals surface area (Å²) in [6.07, 6.45) is 2.30. The van der Waals surface area contributed by atoms with E-state index in [4.69, 9.17) is 4.74 Å². The van der Waals surface area contributed by atoms with Crippen LogP contribution < -0.4 is 5.32 Å². The molecule has 1 fully saturated rings. The highest BCUT2D eigenvalue weighted by Crippen LogP contribution is 2.20. The van der Waals surface area contributed by atoms with Crippen molar-refractivity contribution in [3.8, 4) is 0 Å². The summed E-state index contributed by atoms with van der Waals surface area (Å²) in [5.41, 5.74) is 0. The van der Waals surface area contributed by atoms with Crippen LogP contribution in [0.1, 0.15) is 20.3 Å². The minimum absolute atomic E-state index is 0.0440. The van der Waals surface area contributed by atoms with E-state index in [9.17, 15) is 13.2 Å². The number of ether oxygens (including phenoxy) is 1. The van der Waals surface area contributed by atoms with Crippen molar-refractivity contribution in [2.75, 3.05) is 38.6 Å². The lowest BCUT2D eigenvalue weighted by molar-refractivity contribution is -0.118. The van der Waals surface area contributed by atoms with Crippen LogP contribution in [0, 0.1) is 5.92 Å². The van der Waals surface area contributed by atoms with E-state index >= 15 is 0 Å². The highest BCUT2D eigenvalue weighted by molar-refractivity contribution is 7.99. The van der Waals surface area contributed by atoms with Gasteiger partial charge in [-0.3, -0.25) is 4.79 Å². The number of carbonyl (C=O) groups is 1. The number of hydrogen-bond acceptors (Lipinski definition) is 6. The summed E-state index contributed by atoms with van der Waals surface area (Å²) >= 11 is 1.29. The molecule has 140 valence electrons. The Balaban J connectivity index is 1.86. The fourth-order valence-corrected chi connectivity index (χ4v) is 4.26. The van der Waals surface area contributed by atoms with Gasteiger partial charge in [-0.1, -0.05) is 25.6 Å². The minimum Gasteiger partial charge on any atom is -0.379 e. The zero-order chi connectivity index (χ0) is 18.3. The zero-order valence-corrected chi connectivity index (χ0v) is 16.2. The molecule has 0 radical (unpaired) electrons. The van der Waals surface area contributed by atoms with Gasteiger partial charge < -0.3 is 10.1 Å². The van der Waals surface area contributed by atoms with Gasteiger partial charge in [0.05, 0.1) is 24.0 Å². The zero-order valence-electron chi connectivity index (χ0n) is 14.6. The van der Waals surface area contributed by atoms with Crippen molar-refractivity contribution in [3.63, 3.8) is 0 Å². The second-order valence-electron chi connectivity index (χ2n) is 6.17. The molecule has 1 aromatic heterocycles. The molecular weight excluding hydrogens is 362 g/mol. The standard InChI is InChI=1S/C16H25N3O4S2/c1-13(2)5-6-17-15(20)12-24-16-4-3-14(11-18-16)25(21,22)19-7-9-23-10-8-19/h3-4,11,13H,5-10,12H2,1-2H3,(H,17,20). The predicted octanol–water partition coefficient (Wildman–Crippen LogP) is 1.36. The van der Waals surface area contributed by atoms with E-state index < -0.39 is 10.0 Å². The van der Waals surface area contributed by atoms with Crippen molar-refractivity contribution in [1.82, 2.24) is 14.6 Å². The number of morpholine rings is 1. The predicted molar refractivity (Wildman–Crippen MR) is 97.0 cm³/mol. The Bertz CT molecular complexity index is 656. The van der Waals surface area contributed by atoms with E-state index in [1.165, 1.54) is 28.3 Å². The molecule has 1 aromatic rings. The summed E-state index contributed by atoms with van der Waals surface area (Å²) in [5, 5.41) is 3.49. The van der Waals surface area contributed by atoms with Gasteiger partial charge in [-0.05, 0) is 24.5 Å². The normalized spacial score (nSPS) is 16.1. The Kier molecular flexibility index (Phi) is 7.67. The van der Waals surface area contributed by atoms with Crippen LogP contribution in [0.5, 0.6) is 0 Å². The van der Waals surface area contributed by atoms with Gasteiger partial charge in [0.25, 0.3) is 0 Å². The fraction of sp³-hybridized carbons (Fsp3) is 0.625. The van der Waals surface area contributed by atoms with E-state index in [1.807, 2.05) is 0 Å². The van der Waals surface area contributed by atoms with Gasteiger partial charge in [0.1, 0.15) is 4.90 Å². The van der Waals surface area contributed by atoms with Gasteiger partial charge in [-0.25, -0.2) is 13.4 Å². The van der Waals surface area contributed by atoms with Crippen LogP contribution in [0.25, 0.3) is 0 Å². The maximum absolute atomic E-state index is 12.5. The summed E-state index contributed by atoms with van der Waals surface area (Å²) < 4.78 is 31.6. The second kappa shape index (κ2) is 9.51. The summed E-state index contributed by atoms with van der Waals surface area (Å²) in [6, 6.07) is 3.18. The summed E-state index contributed by atoms with van der Waals surface area (Å²) in [6.45, 7) is 6.42. The van der Waals surface area contributed by atoms with Crippen LogP contribution in [0.15, 0.2) is 28.3 Å². The third-order valence-electron chi connectivity index (χ3n) is 3.71. The molecule has 1 aliphatic rings. The third-order valence-corrected chi connectivity index (χ3v) is 6.54. The number of sulfonamides is 1. The SMILES string of the molecule is CC(C)CCNC(=O)CSc1ccc(S(=O)(=O)N2CCOCC2)cn1. The van der Waals surface area contributed by atoms with Gasteiger partial charge >= 0.3 is 0 Å². The number of amides is 1. The van der Waals surface area contributed by atoms with Crippen molar-refractivity contribution in [3.05, 3.63) is 18.3 Å². The molecule has 0 spiro atoms. The lowest BCUT2D eigenvalue weighted by atomic mass is 10.1. The molecule has 0 atom stereocenters. The smallest absolute Gasteiger partial charge is 0.244 e. The molecule has 9 heteroatoms. The third kappa shape index (κ3) is 6.25. The van der Waals surface area contributed by atoms with Crippen LogP contribution in [0.2, 0.25) is 0 Å². The largest absolute Gasteiger partial charge is 0.379 e. The highest BCUT2D eigenvalue weighted by Gasteiger charge is 2.26. The number of thioether (sulfide) groups is 1. The van der Waals surface area contributed by atoms with Crippen molar-refractivity contribution < 1.29 is 17.9 Å². The van der Waals surface area contributed by atoms with Crippen molar-refractivity contribution in [2.45, 2.75) is 30.2 Å². The molecule has 0 saturated carbocycles. The number of pyridine rings is 1. The molecule has 0 bridgehead atoms. The van der Waals surface area contributed by atoms with Gasteiger partial charge in [0, 0.05) is 25.8 Å². The molecular formula is C16H25N3O4S2. The van der Waals surface area contributed by atoms with Gasteiger partial charge in [0.15, 0.2) is 0 Å². The highest BCUT2D eigenvalue weighted by atomic mass is 32.2. The topological polar surface area (TPSA) is 88.6 Å². The molecule has 7 nitrogen and oxygen atoms in total. The Morgan fingerprint density at radius 2 is 2.08 bits per heavy atom. The van der Waals surface area contributed by atoms with Crippen LogP contribution in [0.3, 0.4) is 0 Å². The number of rotatable bonds is 8. The van der Waals surface area contributed by atoms with E-state index in [0.717, 1.165) is 6.42 Å². The first kappa shape index (κ1) is 20.2. The van der Waals surface area contributed by atoms with Crippen LogP contribution >= 0.6 is 11.8 Å². The lowest BCUT2D eigenvalue weighted by Gasteiger charge is -2.25. The molecule has 0 aromatic carbocycles. The minimum atomic E-state index is -3.53. The van der Waals surface area contributed by atoms with E-state index in [2.05, 4.69) is 24.1 Å². The lowest BCUT2D eigenvalue weighted by Crippen LogP contribution is -2.40. The Morgan fingerprint density at radius 1 is 1.36 bits per heavy atom. The maximum atomic E-state index is 12.5. The number of aromatic nitrogens is 1. The molecule has 0 aliphatic carbocycles. The maximum Gasteiger partial charge on any atom is 0.244 e. The van der Waals surface area contributed by atoms with Crippen LogP contribution in [-0.2, 0) is 19.6 Å². The molecule has 1 N–H and O–H groups in total. The Hall–Kier alpha value is -1.16. The first-order chi connectivity index (χ1) is 11.9. The molecule has 1 saturated heterocycles. The van der Waals surface area contributed by atoms with Crippen LogP contribution in [0.4, 0.5) is 0 Å². The summed E-state index contributed by atoms with van der Waals surface area (Å²) in [4.78, 5) is 16.1. The number of nitrogens with one attached hydrogen (secondary N) is 1. The van der Waals surface area contributed by atoms with Crippen molar-refractivity contribution in [2.24, 2.45) is 5.92 Å². The fourth-order valence-electron chi connectivity index (χ4n) is 2.23. The molecule has 2 rings (SSSR count). The first-order valence-corrected chi connectivity index (χ1v) is 10.8. The van der Waals surface area contributed by atoms with E-state index in [1.54, 1.807) is 6.07 Å². The Morgan fingerprint density at radius 3 is 2.68 bits per heavy atom. The molecule has 0 unspecified atom stereocenters. The van der Waals surface area contributed by atoms with Crippen molar-refractivity contribution >= 4 is 27.7 Å². The van der Waals surface area contributed by atoms with Gasteiger partial charge in [0.2, 0.25) is 15.9 Å². The number of nitrogens with zero attached hydrogens (tertiary/aromatic N) is 2. The molecule has 1 amide bonds. The quantitative estimate of drug-likeness (QED) is 0.678. The van der Waals surface area contributed by atoms with Gasteiger partial charge in [-0.2, -0.15) is 4.31 Å². The first-order valence-electron chi connectivity index (χ1n) is 8.33. The average Bonchev–Trinajstić information content (AvgIpc) is 2.61. The van der Waals surface area contributed by atoms with E-state index in [-0.39, 0.29) is 16.6 Å². The monoisotopic (exact) mass is 387 g/mol. The number of carbonyl (C=O) groups excluding carboxylic acids is 1. The average molecular weight is 388 g/mol. The van der Waals surface area contributed by atoms with E-state index in [0.29, 0.717) is 43.8 Å². The summed E-state index contributed by atoms with van der Waals surface area (Å²) in [5.74, 6) is 0.772. The molecule has 2 heterocycles. The second-order valence-corrected chi connectivity index (χ2v) is 9.10. The number of hydrogen-bond donors (Lipinski definition) is 1. The van der Waals surface area contributed by atoms with Crippen LogP contribution in [-0.4, -0.2) is 62.2 Å². The van der Waals surface area contributed by atoms with Gasteiger partial charge in [-0.15, -0.1) is 0 Å². The molecule has 25 heavy (non-hydrogen) atoms. The summed E-state index contributed by atoms with van der Waals surface area (Å²) in [7, 11) is -3.53. The molecule has 1 aliphatic heterocycles. The van der Waals surface area contributed by atoms with Crippen molar-refractivity contribution in [1.29, 1.82) is 0 Å². The Labute approximate surface area is 153 Å².